The van der Waals surface area contributed by atoms with Gasteiger partial charge in [-0.05, 0) is 50.7 Å². The lowest BCUT2D eigenvalue weighted by Gasteiger charge is -2.29. The zero-order chi connectivity index (χ0) is 18.8. The number of fused-ring (bicyclic) bond motifs is 1. The first-order valence-electron chi connectivity index (χ1n) is 9.14. The fraction of sp³-hybridized carbons (Fsp3) is 0.400. The van der Waals surface area contributed by atoms with E-state index in [-0.39, 0.29) is 5.75 Å². The van der Waals surface area contributed by atoms with Gasteiger partial charge in [-0.2, -0.15) is 0 Å². The maximum atomic E-state index is 14.1. The Morgan fingerprint density at radius 1 is 1.26 bits per heavy atom. The summed E-state index contributed by atoms with van der Waals surface area (Å²) >= 11 is 0. The average Bonchev–Trinajstić information content (AvgIpc) is 3.09. The van der Waals surface area contributed by atoms with Gasteiger partial charge in [-0.3, -0.25) is 0 Å². The first kappa shape index (κ1) is 17.7. The highest BCUT2D eigenvalue weighted by Gasteiger charge is 2.18. The predicted molar refractivity (Wildman–Crippen MR) is 101 cm³/mol. The Kier molecular flexibility index (Phi) is 4.94. The number of ether oxygens (including phenoxy) is 2. The van der Waals surface area contributed by atoms with E-state index in [4.69, 9.17) is 9.47 Å². The number of benzene rings is 1. The lowest BCUT2D eigenvalue weighted by Crippen LogP contribution is -2.34. The zero-order valence-corrected chi connectivity index (χ0v) is 15.6. The number of rotatable bonds is 5. The van der Waals surface area contributed by atoms with E-state index in [1.807, 2.05) is 12.1 Å². The summed E-state index contributed by atoms with van der Waals surface area (Å²) in [7, 11) is 3.59. The van der Waals surface area contributed by atoms with Crippen molar-refractivity contribution in [2.45, 2.75) is 12.8 Å². The summed E-state index contributed by atoms with van der Waals surface area (Å²) in [6.45, 7) is 2.84. The summed E-state index contributed by atoms with van der Waals surface area (Å²) in [6, 6.07) is 8.50. The molecule has 1 aromatic carbocycles. The first-order chi connectivity index (χ1) is 13.1. The summed E-state index contributed by atoms with van der Waals surface area (Å²) in [5.41, 5.74) is 2.07. The molecule has 7 heteroatoms. The minimum atomic E-state index is -0.418. The van der Waals surface area contributed by atoms with Crippen molar-refractivity contribution in [3.05, 3.63) is 42.3 Å². The summed E-state index contributed by atoms with van der Waals surface area (Å²) in [4.78, 5) is 6.69. The van der Waals surface area contributed by atoms with Crippen LogP contribution >= 0.6 is 0 Å². The van der Waals surface area contributed by atoms with Gasteiger partial charge < -0.3 is 14.4 Å². The fourth-order valence-corrected chi connectivity index (χ4v) is 3.57. The molecule has 1 aliphatic heterocycles. The third-order valence-electron chi connectivity index (χ3n) is 4.97. The third-order valence-corrected chi connectivity index (χ3v) is 4.97. The van der Waals surface area contributed by atoms with Gasteiger partial charge in [-0.25, -0.2) is 13.9 Å². The van der Waals surface area contributed by atoms with Crippen LogP contribution in [0.3, 0.4) is 0 Å². The Morgan fingerprint density at radius 3 is 2.93 bits per heavy atom. The van der Waals surface area contributed by atoms with Crippen molar-refractivity contribution in [2.24, 2.45) is 5.92 Å². The number of aromatic nitrogens is 3. The second-order valence-electron chi connectivity index (χ2n) is 7.02. The van der Waals surface area contributed by atoms with Gasteiger partial charge in [-0.15, -0.1) is 5.10 Å². The van der Waals surface area contributed by atoms with E-state index in [0.29, 0.717) is 35.3 Å². The molecule has 0 saturated carbocycles. The Balaban J connectivity index is 1.56. The molecule has 1 aliphatic rings. The molecule has 1 unspecified atom stereocenters. The number of halogens is 1. The largest absolute Gasteiger partial charge is 0.494 e. The van der Waals surface area contributed by atoms with Crippen LogP contribution in [-0.4, -0.2) is 53.4 Å². The predicted octanol–water partition coefficient (Wildman–Crippen LogP) is 3.26. The van der Waals surface area contributed by atoms with E-state index in [9.17, 15) is 4.39 Å². The van der Waals surface area contributed by atoms with Gasteiger partial charge in [0.05, 0.1) is 25.6 Å². The number of imidazole rings is 1. The quantitative estimate of drug-likeness (QED) is 0.690. The van der Waals surface area contributed by atoms with E-state index in [0.717, 1.165) is 13.1 Å². The van der Waals surface area contributed by atoms with Crippen molar-refractivity contribution in [1.29, 1.82) is 0 Å². The summed E-state index contributed by atoms with van der Waals surface area (Å²) in [6.07, 6.45) is 4.06. The van der Waals surface area contributed by atoms with Crippen LogP contribution in [-0.2, 0) is 0 Å². The Morgan fingerprint density at radius 2 is 2.15 bits per heavy atom. The van der Waals surface area contributed by atoms with E-state index in [1.54, 1.807) is 22.8 Å². The molecular formula is C20H23FN4O2. The van der Waals surface area contributed by atoms with Gasteiger partial charge in [0, 0.05) is 24.1 Å². The standard InChI is InChI=1S/C20H23FN4O2/c1-24-9-3-4-14(12-24)13-27-20-8-7-19-22-11-17(25(19)23-20)15-5-6-18(26-2)16(21)10-15/h5-8,10-11,14H,3-4,9,12-13H2,1-2H3. The smallest absolute Gasteiger partial charge is 0.231 e. The number of hydrogen-bond donors (Lipinski definition) is 0. The monoisotopic (exact) mass is 370 g/mol. The van der Waals surface area contributed by atoms with Crippen molar-refractivity contribution < 1.29 is 13.9 Å². The van der Waals surface area contributed by atoms with E-state index >= 15 is 0 Å². The molecule has 3 heterocycles. The van der Waals surface area contributed by atoms with Crippen LogP contribution in [0.5, 0.6) is 11.6 Å². The molecule has 1 atom stereocenters. The number of nitrogens with zero attached hydrogens (tertiary/aromatic N) is 4. The van der Waals surface area contributed by atoms with Crippen molar-refractivity contribution in [3.8, 4) is 22.9 Å². The number of hydrogen-bond acceptors (Lipinski definition) is 5. The van der Waals surface area contributed by atoms with Gasteiger partial charge in [-0.1, -0.05) is 0 Å². The Bertz CT molecular complexity index is 943. The summed E-state index contributed by atoms with van der Waals surface area (Å²) < 4.78 is 26.7. The molecular weight excluding hydrogens is 347 g/mol. The second kappa shape index (κ2) is 7.52. The maximum Gasteiger partial charge on any atom is 0.231 e. The lowest BCUT2D eigenvalue weighted by atomic mass is 10.00. The highest BCUT2D eigenvalue weighted by molar-refractivity contribution is 5.64. The van der Waals surface area contributed by atoms with Crippen LogP contribution in [0.1, 0.15) is 12.8 Å². The minimum absolute atomic E-state index is 0.210. The molecule has 0 radical (unpaired) electrons. The SMILES string of the molecule is COc1ccc(-c2cnc3ccc(OCC4CCCN(C)C4)nn23)cc1F. The van der Waals surface area contributed by atoms with Gasteiger partial charge in [0.1, 0.15) is 0 Å². The molecule has 0 N–H and O–H groups in total. The number of piperidine rings is 1. The van der Waals surface area contributed by atoms with E-state index < -0.39 is 5.82 Å². The van der Waals surface area contributed by atoms with Crippen molar-refractivity contribution >= 4 is 5.65 Å². The molecule has 142 valence electrons. The molecule has 0 amide bonds. The average molecular weight is 370 g/mol. The van der Waals surface area contributed by atoms with Crippen LogP contribution < -0.4 is 9.47 Å². The highest BCUT2D eigenvalue weighted by Crippen LogP contribution is 2.26. The van der Waals surface area contributed by atoms with Crippen molar-refractivity contribution in [3.63, 3.8) is 0 Å². The van der Waals surface area contributed by atoms with Crippen LogP contribution in [0.15, 0.2) is 36.5 Å². The molecule has 0 spiro atoms. The molecule has 27 heavy (non-hydrogen) atoms. The Labute approximate surface area is 157 Å². The van der Waals surface area contributed by atoms with Crippen LogP contribution in [0, 0.1) is 11.7 Å². The fourth-order valence-electron chi connectivity index (χ4n) is 3.57. The number of likely N-dealkylation sites (tertiary alicyclic amines) is 1. The second-order valence-corrected chi connectivity index (χ2v) is 7.02. The lowest BCUT2D eigenvalue weighted by molar-refractivity contribution is 0.146. The molecule has 0 aliphatic carbocycles. The Hall–Kier alpha value is -2.67. The molecule has 0 bridgehead atoms. The van der Waals surface area contributed by atoms with E-state index in [2.05, 4.69) is 22.0 Å². The van der Waals surface area contributed by atoms with Crippen LogP contribution in [0.25, 0.3) is 16.9 Å². The molecule has 1 saturated heterocycles. The summed E-state index contributed by atoms with van der Waals surface area (Å²) in [5, 5.41) is 4.55. The van der Waals surface area contributed by atoms with Crippen molar-refractivity contribution in [1.82, 2.24) is 19.5 Å². The molecule has 3 aromatic rings. The minimum Gasteiger partial charge on any atom is -0.494 e. The number of methoxy groups -OCH3 is 1. The van der Waals surface area contributed by atoms with Gasteiger partial charge in [0.2, 0.25) is 5.88 Å². The molecule has 2 aromatic heterocycles. The molecule has 1 fully saturated rings. The highest BCUT2D eigenvalue weighted by atomic mass is 19.1. The third kappa shape index (κ3) is 3.73. The van der Waals surface area contributed by atoms with Gasteiger partial charge in [0.25, 0.3) is 0 Å². The van der Waals surface area contributed by atoms with Gasteiger partial charge >= 0.3 is 0 Å². The van der Waals surface area contributed by atoms with Crippen molar-refractivity contribution in [2.75, 3.05) is 33.9 Å². The molecule has 6 nitrogen and oxygen atoms in total. The summed E-state index contributed by atoms with van der Waals surface area (Å²) in [5.74, 6) is 0.851. The topological polar surface area (TPSA) is 51.9 Å². The van der Waals surface area contributed by atoms with Crippen LogP contribution in [0.2, 0.25) is 0 Å². The maximum absolute atomic E-state index is 14.1. The zero-order valence-electron chi connectivity index (χ0n) is 15.6. The van der Waals surface area contributed by atoms with E-state index in [1.165, 1.54) is 26.0 Å². The molecule has 4 rings (SSSR count). The van der Waals surface area contributed by atoms with Gasteiger partial charge in [0.15, 0.2) is 17.2 Å². The normalized spacial score (nSPS) is 18.0. The first-order valence-corrected chi connectivity index (χ1v) is 9.14. The van der Waals surface area contributed by atoms with Crippen LogP contribution in [0.4, 0.5) is 4.39 Å².